The molecule has 0 amide bonds. The molecule has 0 saturated heterocycles. The molecule has 0 atom stereocenters. The van der Waals surface area contributed by atoms with Gasteiger partial charge in [0.25, 0.3) is 0 Å². The fraction of sp³-hybridized carbons (Fsp3) is 0. The molecule has 0 unspecified atom stereocenters. The number of hydrogen-bond acceptors (Lipinski definition) is 1. The third-order valence-corrected chi connectivity index (χ3v) is 5.68. The molecule has 0 radical (unpaired) electrons. The summed E-state index contributed by atoms with van der Waals surface area (Å²) in [5, 5.41) is 1.33. The van der Waals surface area contributed by atoms with Gasteiger partial charge in [0.1, 0.15) is 11.5 Å². The second-order valence-corrected chi connectivity index (χ2v) is 8.14. The van der Waals surface area contributed by atoms with Crippen LogP contribution in [0.25, 0.3) is 44.9 Å². The van der Waals surface area contributed by atoms with Crippen LogP contribution in [0.4, 0.5) is 0 Å². The molecule has 1 nitrogen and oxygen atoms in total. The van der Waals surface area contributed by atoms with Gasteiger partial charge >= 0.3 is 0 Å². The SMILES string of the molecule is Clc1cccc(-c2oc(-c3cccc(Cl)c3)c(-c3ccccc3)c2-c2ccccc2)c1. The van der Waals surface area contributed by atoms with Crippen molar-refractivity contribution in [2.45, 2.75) is 0 Å². The van der Waals surface area contributed by atoms with Crippen LogP contribution in [0.15, 0.2) is 114 Å². The Hall–Kier alpha value is -3.26. The quantitative estimate of drug-likeness (QED) is 0.271. The van der Waals surface area contributed by atoms with Crippen molar-refractivity contribution in [3.8, 4) is 44.9 Å². The van der Waals surface area contributed by atoms with Crippen LogP contribution in [-0.2, 0) is 0 Å². The van der Waals surface area contributed by atoms with Crippen LogP contribution in [0.5, 0.6) is 0 Å². The van der Waals surface area contributed by atoms with Crippen LogP contribution in [-0.4, -0.2) is 0 Å². The summed E-state index contributed by atoms with van der Waals surface area (Å²) < 4.78 is 6.62. The van der Waals surface area contributed by atoms with Crippen molar-refractivity contribution in [3.05, 3.63) is 119 Å². The summed E-state index contributed by atoms with van der Waals surface area (Å²) in [6.07, 6.45) is 0. The highest BCUT2D eigenvalue weighted by atomic mass is 35.5. The molecule has 0 saturated carbocycles. The molecule has 0 bridgehead atoms. The average molecular weight is 441 g/mol. The van der Waals surface area contributed by atoms with E-state index in [4.69, 9.17) is 27.6 Å². The predicted molar refractivity (Wildman–Crippen MR) is 130 cm³/mol. The minimum Gasteiger partial charge on any atom is -0.455 e. The van der Waals surface area contributed by atoms with Crippen LogP contribution >= 0.6 is 23.2 Å². The van der Waals surface area contributed by atoms with E-state index in [0.29, 0.717) is 10.0 Å². The summed E-state index contributed by atoms with van der Waals surface area (Å²) >= 11 is 12.7. The second-order valence-electron chi connectivity index (χ2n) is 7.26. The van der Waals surface area contributed by atoms with E-state index in [1.807, 2.05) is 84.9 Å². The fourth-order valence-electron chi connectivity index (χ4n) is 3.86. The van der Waals surface area contributed by atoms with Crippen molar-refractivity contribution in [2.75, 3.05) is 0 Å². The van der Waals surface area contributed by atoms with Crippen molar-refractivity contribution in [2.24, 2.45) is 0 Å². The molecule has 3 heteroatoms. The highest BCUT2D eigenvalue weighted by Gasteiger charge is 2.25. The average Bonchev–Trinajstić information content (AvgIpc) is 3.21. The van der Waals surface area contributed by atoms with Crippen molar-refractivity contribution in [1.82, 2.24) is 0 Å². The van der Waals surface area contributed by atoms with Gasteiger partial charge in [0, 0.05) is 32.3 Å². The number of benzene rings is 4. The molecule has 4 aromatic carbocycles. The zero-order valence-electron chi connectivity index (χ0n) is 16.6. The van der Waals surface area contributed by atoms with Gasteiger partial charge in [0.2, 0.25) is 0 Å². The molecular weight excluding hydrogens is 423 g/mol. The minimum atomic E-state index is 0.665. The summed E-state index contributed by atoms with van der Waals surface area (Å²) in [6.45, 7) is 0. The zero-order valence-corrected chi connectivity index (χ0v) is 18.1. The Morgan fingerprint density at radius 3 is 1.19 bits per heavy atom. The molecular formula is C28H18Cl2O. The highest BCUT2D eigenvalue weighted by molar-refractivity contribution is 6.31. The summed E-state index contributed by atoms with van der Waals surface area (Å²) in [7, 11) is 0. The molecule has 0 aliphatic heterocycles. The Kier molecular flexibility index (Phi) is 5.38. The van der Waals surface area contributed by atoms with Crippen molar-refractivity contribution in [3.63, 3.8) is 0 Å². The summed E-state index contributed by atoms with van der Waals surface area (Å²) in [4.78, 5) is 0. The normalized spacial score (nSPS) is 10.9. The summed E-state index contributed by atoms with van der Waals surface area (Å²) in [5.74, 6) is 1.56. The molecule has 150 valence electrons. The zero-order chi connectivity index (χ0) is 21.2. The molecule has 31 heavy (non-hydrogen) atoms. The van der Waals surface area contributed by atoms with E-state index < -0.39 is 0 Å². The van der Waals surface area contributed by atoms with Gasteiger partial charge < -0.3 is 4.42 Å². The van der Waals surface area contributed by atoms with Crippen LogP contribution in [0, 0.1) is 0 Å². The Bertz CT molecular complexity index is 1230. The van der Waals surface area contributed by atoms with Crippen molar-refractivity contribution >= 4 is 23.2 Å². The van der Waals surface area contributed by atoms with Gasteiger partial charge in [-0.3, -0.25) is 0 Å². The Morgan fingerprint density at radius 2 is 0.806 bits per heavy atom. The minimum absolute atomic E-state index is 0.665. The maximum Gasteiger partial charge on any atom is 0.143 e. The van der Waals surface area contributed by atoms with Gasteiger partial charge in [-0.15, -0.1) is 0 Å². The van der Waals surface area contributed by atoms with Gasteiger partial charge in [-0.2, -0.15) is 0 Å². The first-order valence-electron chi connectivity index (χ1n) is 10.0. The molecule has 1 heterocycles. The Labute approximate surface area is 191 Å². The predicted octanol–water partition coefficient (Wildman–Crippen LogP) is 9.25. The van der Waals surface area contributed by atoms with Gasteiger partial charge in [-0.05, 0) is 35.4 Å². The van der Waals surface area contributed by atoms with Gasteiger partial charge in [0.15, 0.2) is 0 Å². The van der Waals surface area contributed by atoms with Gasteiger partial charge in [-0.25, -0.2) is 0 Å². The van der Waals surface area contributed by atoms with E-state index in [-0.39, 0.29) is 0 Å². The monoisotopic (exact) mass is 440 g/mol. The van der Waals surface area contributed by atoms with Crippen LogP contribution in [0.2, 0.25) is 10.0 Å². The molecule has 0 aliphatic carbocycles. The van der Waals surface area contributed by atoms with Crippen LogP contribution < -0.4 is 0 Å². The molecule has 0 aliphatic rings. The standard InChI is InChI=1S/C28H18Cl2O/c29-23-15-7-13-21(17-23)27-25(19-9-3-1-4-10-19)26(20-11-5-2-6-12-20)28(31-27)22-14-8-16-24(30)18-22/h1-18H. The van der Waals surface area contributed by atoms with Crippen LogP contribution in [0.3, 0.4) is 0 Å². The van der Waals surface area contributed by atoms with E-state index in [1.165, 1.54) is 0 Å². The number of furan rings is 1. The van der Waals surface area contributed by atoms with E-state index >= 15 is 0 Å². The fourth-order valence-corrected chi connectivity index (χ4v) is 4.24. The molecule has 0 N–H and O–H groups in total. The maximum atomic E-state index is 6.62. The van der Waals surface area contributed by atoms with E-state index in [9.17, 15) is 0 Å². The maximum absolute atomic E-state index is 6.62. The first-order chi connectivity index (χ1) is 15.2. The second kappa shape index (κ2) is 8.47. The summed E-state index contributed by atoms with van der Waals surface area (Å²) in [5.41, 5.74) is 6.07. The topological polar surface area (TPSA) is 13.1 Å². The van der Waals surface area contributed by atoms with Gasteiger partial charge in [0.05, 0.1) is 0 Å². The molecule has 1 aromatic heterocycles. The van der Waals surface area contributed by atoms with Crippen LogP contribution in [0.1, 0.15) is 0 Å². The lowest BCUT2D eigenvalue weighted by atomic mass is 9.91. The third-order valence-electron chi connectivity index (χ3n) is 5.21. The van der Waals surface area contributed by atoms with E-state index in [2.05, 4.69) is 24.3 Å². The third kappa shape index (κ3) is 3.90. The van der Waals surface area contributed by atoms with E-state index in [0.717, 1.165) is 44.9 Å². The number of hydrogen-bond donors (Lipinski definition) is 0. The molecule has 0 spiro atoms. The summed E-state index contributed by atoms with van der Waals surface area (Å²) in [6, 6.07) is 36.1. The van der Waals surface area contributed by atoms with Crippen molar-refractivity contribution in [1.29, 1.82) is 0 Å². The highest BCUT2D eigenvalue weighted by Crippen LogP contribution is 2.48. The van der Waals surface area contributed by atoms with Gasteiger partial charge in [-0.1, -0.05) is 108 Å². The first-order valence-corrected chi connectivity index (χ1v) is 10.8. The number of rotatable bonds is 4. The lowest BCUT2D eigenvalue weighted by molar-refractivity contribution is 0.599. The largest absolute Gasteiger partial charge is 0.455 e. The lowest BCUT2D eigenvalue weighted by Gasteiger charge is -2.08. The number of halogens is 2. The Balaban J connectivity index is 1.90. The lowest BCUT2D eigenvalue weighted by Crippen LogP contribution is -1.86. The first kappa shape index (κ1) is 19.7. The van der Waals surface area contributed by atoms with Crippen molar-refractivity contribution < 1.29 is 4.42 Å². The molecule has 0 fully saturated rings. The smallest absolute Gasteiger partial charge is 0.143 e. The van der Waals surface area contributed by atoms with E-state index in [1.54, 1.807) is 0 Å². The molecule has 5 aromatic rings. The Morgan fingerprint density at radius 1 is 0.419 bits per heavy atom. The molecule has 5 rings (SSSR count).